The van der Waals surface area contributed by atoms with Crippen molar-refractivity contribution in [3.8, 4) is 11.5 Å². The molecule has 0 aliphatic heterocycles. The Morgan fingerprint density at radius 1 is 1.20 bits per heavy atom. The summed E-state index contributed by atoms with van der Waals surface area (Å²) >= 11 is 0. The van der Waals surface area contributed by atoms with E-state index < -0.39 is 5.82 Å². The van der Waals surface area contributed by atoms with Gasteiger partial charge in [0.25, 0.3) is 5.89 Å². The highest BCUT2D eigenvalue weighted by Crippen LogP contribution is 2.25. The number of hydrogen-bond acceptors (Lipinski definition) is 5. The predicted molar refractivity (Wildman–Crippen MR) is 71.1 cm³/mol. The van der Waals surface area contributed by atoms with Gasteiger partial charge in [-0.25, -0.2) is 4.39 Å². The Morgan fingerprint density at radius 2 is 2.10 bits per heavy atom. The van der Waals surface area contributed by atoms with Crippen molar-refractivity contribution in [2.24, 2.45) is 0 Å². The van der Waals surface area contributed by atoms with E-state index in [1.54, 1.807) is 6.20 Å². The third-order valence-electron chi connectivity index (χ3n) is 2.78. The van der Waals surface area contributed by atoms with Crippen LogP contribution in [0.25, 0.3) is 11.5 Å². The fraction of sp³-hybridized carbons (Fsp3) is 0.0714. The van der Waals surface area contributed by atoms with E-state index in [0.29, 0.717) is 17.8 Å². The standard InChI is InChI=1S/C14H11FN4O/c15-9-4-5-11(12(16)7-9)14-18-13(19-20-14)8-10-3-1-2-6-17-10/h1-7H,8,16H2. The number of anilines is 1. The van der Waals surface area contributed by atoms with E-state index >= 15 is 0 Å². The van der Waals surface area contributed by atoms with Gasteiger partial charge in [-0.05, 0) is 30.3 Å². The average molecular weight is 270 g/mol. The highest BCUT2D eigenvalue weighted by atomic mass is 19.1. The van der Waals surface area contributed by atoms with E-state index in [2.05, 4.69) is 15.1 Å². The molecule has 2 aromatic heterocycles. The molecular formula is C14H11FN4O. The molecule has 0 saturated heterocycles. The summed E-state index contributed by atoms with van der Waals surface area (Å²) in [6.45, 7) is 0. The van der Waals surface area contributed by atoms with E-state index in [9.17, 15) is 4.39 Å². The second-order valence-corrected chi connectivity index (χ2v) is 4.25. The van der Waals surface area contributed by atoms with Crippen molar-refractivity contribution >= 4 is 5.69 Å². The van der Waals surface area contributed by atoms with Gasteiger partial charge in [0.1, 0.15) is 5.82 Å². The molecule has 6 heteroatoms. The molecule has 0 fully saturated rings. The number of nitrogen functional groups attached to an aromatic ring is 1. The molecule has 5 nitrogen and oxygen atoms in total. The number of hydrogen-bond donors (Lipinski definition) is 1. The second-order valence-electron chi connectivity index (χ2n) is 4.25. The lowest BCUT2D eigenvalue weighted by Gasteiger charge is -1.99. The Bertz CT molecular complexity index is 727. The third-order valence-corrected chi connectivity index (χ3v) is 2.78. The first kappa shape index (κ1) is 12.3. The van der Waals surface area contributed by atoms with Gasteiger partial charge in [-0.3, -0.25) is 4.98 Å². The third kappa shape index (κ3) is 2.49. The van der Waals surface area contributed by atoms with Crippen molar-refractivity contribution in [2.75, 3.05) is 5.73 Å². The van der Waals surface area contributed by atoms with Crippen molar-refractivity contribution in [1.82, 2.24) is 15.1 Å². The summed E-state index contributed by atoms with van der Waals surface area (Å²) in [5.74, 6) is 0.371. The first-order valence-electron chi connectivity index (χ1n) is 6.00. The number of nitrogens with two attached hydrogens (primary N) is 1. The summed E-state index contributed by atoms with van der Waals surface area (Å²) in [6.07, 6.45) is 2.17. The minimum atomic E-state index is -0.403. The smallest absolute Gasteiger partial charge is 0.260 e. The van der Waals surface area contributed by atoms with Crippen molar-refractivity contribution in [2.45, 2.75) is 6.42 Å². The number of rotatable bonds is 3. The Hall–Kier alpha value is -2.76. The fourth-order valence-corrected chi connectivity index (χ4v) is 1.83. The summed E-state index contributed by atoms with van der Waals surface area (Å²) in [5.41, 5.74) is 7.36. The van der Waals surface area contributed by atoms with E-state index in [1.807, 2.05) is 18.2 Å². The number of nitrogens with zero attached hydrogens (tertiary/aromatic N) is 3. The Labute approximate surface area is 114 Å². The van der Waals surface area contributed by atoms with Gasteiger partial charge < -0.3 is 10.3 Å². The maximum atomic E-state index is 13.0. The van der Waals surface area contributed by atoms with E-state index in [4.69, 9.17) is 10.3 Å². The molecule has 0 amide bonds. The fourth-order valence-electron chi connectivity index (χ4n) is 1.83. The van der Waals surface area contributed by atoms with Crippen molar-refractivity contribution in [1.29, 1.82) is 0 Å². The molecule has 3 rings (SSSR count). The highest BCUT2D eigenvalue weighted by Gasteiger charge is 2.12. The lowest BCUT2D eigenvalue weighted by Crippen LogP contribution is -1.94. The van der Waals surface area contributed by atoms with Gasteiger partial charge in [-0.1, -0.05) is 11.2 Å². The molecule has 0 spiro atoms. The van der Waals surface area contributed by atoms with Crippen LogP contribution in [0.4, 0.5) is 10.1 Å². The molecule has 100 valence electrons. The minimum absolute atomic E-state index is 0.262. The molecule has 20 heavy (non-hydrogen) atoms. The Kier molecular flexibility index (Phi) is 3.12. The van der Waals surface area contributed by atoms with Gasteiger partial charge in [-0.2, -0.15) is 4.98 Å². The Balaban J connectivity index is 1.87. The maximum Gasteiger partial charge on any atom is 0.260 e. The molecule has 1 aromatic carbocycles. The van der Waals surface area contributed by atoms with Crippen LogP contribution in [0.2, 0.25) is 0 Å². The van der Waals surface area contributed by atoms with E-state index in [-0.39, 0.29) is 11.6 Å². The summed E-state index contributed by atoms with van der Waals surface area (Å²) in [7, 11) is 0. The largest absolute Gasteiger partial charge is 0.398 e. The zero-order valence-corrected chi connectivity index (χ0v) is 10.5. The quantitative estimate of drug-likeness (QED) is 0.739. The van der Waals surface area contributed by atoms with Crippen LogP contribution in [-0.2, 0) is 6.42 Å². The molecule has 0 aliphatic rings. The van der Waals surface area contributed by atoms with Gasteiger partial charge >= 0.3 is 0 Å². The molecule has 3 aromatic rings. The lowest BCUT2D eigenvalue weighted by molar-refractivity contribution is 0.424. The van der Waals surface area contributed by atoms with Crippen LogP contribution in [-0.4, -0.2) is 15.1 Å². The Morgan fingerprint density at radius 3 is 2.85 bits per heavy atom. The average Bonchev–Trinajstić information content (AvgIpc) is 2.88. The van der Waals surface area contributed by atoms with Crippen LogP contribution < -0.4 is 5.73 Å². The summed E-state index contributed by atoms with van der Waals surface area (Å²) in [4.78, 5) is 8.44. The monoisotopic (exact) mass is 270 g/mol. The van der Waals surface area contributed by atoms with Gasteiger partial charge in [0.15, 0.2) is 5.82 Å². The highest BCUT2D eigenvalue weighted by molar-refractivity contribution is 5.70. The van der Waals surface area contributed by atoms with Crippen LogP contribution in [0.15, 0.2) is 47.1 Å². The molecular weight excluding hydrogens is 259 g/mol. The van der Waals surface area contributed by atoms with Crippen LogP contribution in [0, 0.1) is 5.82 Å². The first-order valence-corrected chi connectivity index (χ1v) is 6.00. The van der Waals surface area contributed by atoms with Crippen molar-refractivity contribution < 1.29 is 8.91 Å². The first-order chi connectivity index (χ1) is 9.72. The normalized spacial score (nSPS) is 10.7. The molecule has 0 radical (unpaired) electrons. The molecule has 0 atom stereocenters. The van der Waals surface area contributed by atoms with Crippen LogP contribution in [0.1, 0.15) is 11.5 Å². The molecule has 0 saturated carbocycles. The molecule has 2 N–H and O–H groups in total. The van der Waals surface area contributed by atoms with E-state index in [0.717, 1.165) is 5.69 Å². The summed E-state index contributed by atoms with van der Waals surface area (Å²) in [5, 5.41) is 3.88. The van der Waals surface area contributed by atoms with Gasteiger partial charge in [-0.15, -0.1) is 0 Å². The van der Waals surface area contributed by atoms with Crippen LogP contribution >= 0.6 is 0 Å². The molecule has 0 bridgehead atoms. The van der Waals surface area contributed by atoms with Gasteiger partial charge in [0, 0.05) is 17.6 Å². The number of halogens is 1. The lowest BCUT2D eigenvalue weighted by atomic mass is 10.2. The second kappa shape index (κ2) is 5.08. The molecule has 0 aliphatic carbocycles. The number of pyridine rings is 1. The minimum Gasteiger partial charge on any atom is -0.398 e. The predicted octanol–water partition coefficient (Wildman–Crippen LogP) is 2.44. The van der Waals surface area contributed by atoms with Crippen LogP contribution in [0.3, 0.4) is 0 Å². The van der Waals surface area contributed by atoms with Gasteiger partial charge in [0.2, 0.25) is 0 Å². The SMILES string of the molecule is Nc1cc(F)ccc1-c1nc(Cc2ccccn2)no1. The number of aromatic nitrogens is 3. The summed E-state index contributed by atoms with van der Waals surface area (Å²) in [6, 6.07) is 9.64. The number of benzene rings is 1. The van der Waals surface area contributed by atoms with Crippen LogP contribution in [0.5, 0.6) is 0 Å². The van der Waals surface area contributed by atoms with Crippen molar-refractivity contribution in [3.63, 3.8) is 0 Å². The zero-order valence-electron chi connectivity index (χ0n) is 10.5. The molecule has 0 unspecified atom stereocenters. The molecule has 2 heterocycles. The topological polar surface area (TPSA) is 77.8 Å². The summed E-state index contributed by atoms with van der Waals surface area (Å²) < 4.78 is 18.2. The van der Waals surface area contributed by atoms with E-state index in [1.165, 1.54) is 18.2 Å². The maximum absolute atomic E-state index is 13.0. The van der Waals surface area contributed by atoms with Crippen molar-refractivity contribution in [3.05, 3.63) is 59.9 Å². The zero-order chi connectivity index (χ0) is 13.9. The van der Waals surface area contributed by atoms with Gasteiger partial charge in [0.05, 0.1) is 12.0 Å².